The molecule has 2 heterocycles. The number of nitrogens with zero attached hydrogens (tertiary/aromatic N) is 1. The van der Waals surface area contributed by atoms with Crippen molar-refractivity contribution in [3.05, 3.63) is 128 Å². The molecule has 2 saturated heterocycles. The van der Waals surface area contributed by atoms with Crippen molar-refractivity contribution in [1.82, 2.24) is 0 Å². The van der Waals surface area contributed by atoms with Crippen LogP contribution in [0.5, 0.6) is 17.2 Å². The Hall–Kier alpha value is -4.81. The number of amides is 2. The lowest BCUT2D eigenvalue weighted by Crippen LogP contribution is -2.46. The van der Waals surface area contributed by atoms with Crippen LogP contribution < -0.4 is 14.4 Å². The highest BCUT2D eigenvalue weighted by Gasteiger charge is 2.58. The molecule has 4 aromatic rings. The van der Waals surface area contributed by atoms with Gasteiger partial charge in [0.05, 0.1) is 45.4 Å². The molecule has 2 aliphatic heterocycles. The Bertz CT molecular complexity index is 2240. The highest BCUT2D eigenvalue weighted by molar-refractivity contribution is 14.1. The maximum Gasteiger partial charge on any atom is 0.455 e. The number of phenols is 1. The number of rotatable bonds is 10. The number of hydrogen-bond donors (Lipinski definition) is 2. The Kier molecular flexibility index (Phi) is 11.7. The fourth-order valence-electron chi connectivity index (χ4n) is 8.18. The first-order valence-electron chi connectivity index (χ1n) is 18.3. The number of allylic oxidation sites excluding steroid dienone is 1. The number of imide groups is 1. The number of halogens is 7. The van der Waals surface area contributed by atoms with Crippen LogP contribution in [-0.2, 0) is 26.6 Å². The van der Waals surface area contributed by atoms with E-state index in [2.05, 4.69) is 0 Å². The number of ether oxygens (including phenoxy) is 2. The molecule has 0 unspecified atom stereocenters. The summed E-state index contributed by atoms with van der Waals surface area (Å²) in [6, 6.07) is 22.4. The van der Waals surface area contributed by atoms with Crippen molar-refractivity contribution in [3.63, 3.8) is 0 Å². The van der Waals surface area contributed by atoms with Crippen molar-refractivity contribution in [1.29, 1.82) is 0 Å². The molecule has 0 spiro atoms. The van der Waals surface area contributed by atoms with Gasteiger partial charge in [-0.1, -0.05) is 54.6 Å². The van der Waals surface area contributed by atoms with Gasteiger partial charge in [-0.05, 0) is 124 Å². The van der Waals surface area contributed by atoms with Gasteiger partial charge in [0.1, 0.15) is 12.4 Å². The largest absolute Gasteiger partial charge is 0.504 e. The van der Waals surface area contributed by atoms with Gasteiger partial charge in [-0.25, -0.2) is 4.90 Å². The Morgan fingerprint density at radius 1 is 0.914 bits per heavy atom. The molecule has 2 N–H and O–H groups in total. The number of carbonyl (C=O) groups excluding carboxylic acids is 2. The average molecular weight is 917 g/mol. The molecule has 0 bridgehead atoms. The Balaban J connectivity index is 1.27. The molecule has 7 rings (SSSR count). The van der Waals surface area contributed by atoms with Gasteiger partial charge < -0.3 is 24.3 Å². The summed E-state index contributed by atoms with van der Waals surface area (Å²) in [7, 11) is 0.0324. The van der Waals surface area contributed by atoms with Crippen LogP contribution in [0.15, 0.2) is 102 Å². The summed E-state index contributed by atoms with van der Waals surface area (Å²) >= 11 is 2.00. The molecule has 4 aromatic carbocycles. The van der Waals surface area contributed by atoms with Gasteiger partial charge in [-0.2, -0.15) is 26.3 Å². The van der Waals surface area contributed by atoms with Gasteiger partial charge in [0.25, 0.3) is 0 Å². The molecular formula is C42H35BF6INO7. The third-order valence-corrected chi connectivity index (χ3v) is 11.5. The average Bonchev–Trinajstić information content (AvgIpc) is 3.44. The minimum atomic E-state index is -5.21. The number of methoxy groups -OCH3 is 1. The zero-order valence-electron chi connectivity index (χ0n) is 30.7. The summed E-state index contributed by atoms with van der Waals surface area (Å²) in [6.45, 7) is -0.0641. The number of hydrogen-bond acceptors (Lipinski definition) is 7. The molecule has 0 saturated carbocycles. The molecule has 0 aromatic heterocycles. The van der Waals surface area contributed by atoms with E-state index in [1.165, 1.54) is 7.11 Å². The number of phenolic OH excluding ortho intramolecular Hbond substituents is 1. The smallest absolute Gasteiger partial charge is 0.455 e. The lowest BCUT2D eigenvalue weighted by molar-refractivity contribution is -0.143. The minimum absolute atomic E-state index is 0.00251. The first-order chi connectivity index (χ1) is 27.5. The van der Waals surface area contributed by atoms with Gasteiger partial charge in [-0.3, -0.25) is 9.59 Å². The molecular weight excluding hydrogens is 882 g/mol. The summed E-state index contributed by atoms with van der Waals surface area (Å²) in [5, 5.41) is 21.6. The Morgan fingerprint density at radius 3 is 2.17 bits per heavy atom. The fourth-order valence-corrected chi connectivity index (χ4v) is 8.80. The van der Waals surface area contributed by atoms with Crippen LogP contribution in [0, 0.1) is 21.3 Å². The van der Waals surface area contributed by atoms with Crippen LogP contribution in [0.2, 0.25) is 6.32 Å². The van der Waals surface area contributed by atoms with Crippen molar-refractivity contribution < 1.29 is 60.2 Å². The lowest BCUT2D eigenvalue weighted by Gasteiger charge is -2.43. The molecule has 302 valence electrons. The molecule has 4 atom stereocenters. The molecule has 1 aliphatic carbocycles. The fraction of sp³-hybridized carbons (Fsp3) is 0.286. The van der Waals surface area contributed by atoms with Crippen LogP contribution >= 0.6 is 22.6 Å². The number of benzene rings is 4. The van der Waals surface area contributed by atoms with E-state index < -0.39 is 72.0 Å². The number of anilines is 1. The van der Waals surface area contributed by atoms with E-state index in [-0.39, 0.29) is 43.3 Å². The van der Waals surface area contributed by atoms with Crippen LogP contribution in [0.3, 0.4) is 0 Å². The molecule has 0 radical (unpaired) electrons. The predicted molar refractivity (Wildman–Crippen MR) is 212 cm³/mol. The highest BCUT2D eigenvalue weighted by atomic mass is 127. The molecule has 2 fully saturated rings. The second kappa shape index (κ2) is 16.4. The predicted octanol–water partition coefficient (Wildman–Crippen LogP) is 9.44. The maximum atomic E-state index is 14.3. The summed E-state index contributed by atoms with van der Waals surface area (Å²) in [5.74, 6) is -4.34. The van der Waals surface area contributed by atoms with Crippen LogP contribution in [-0.4, -0.2) is 48.9 Å². The molecule has 3 aliphatic rings. The summed E-state index contributed by atoms with van der Waals surface area (Å²) < 4.78 is 102. The summed E-state index contributed by atoms with van der Waals surface area (Å²) in [5.41, 5.74) is -0.524. The normalized spacial score (nSPS) is 21.3. The number of alkyl halides is 6. The number of fused-ring (bicyclic) bond motifs is 3. The summed E-state index contributed by atoms with van der Waals surface area (Å²) in [4.78, 5) is 28.9. The zero-order chi connectivity index (χ0) is 41.5. The highest BCUT2D eigenvalue weighted by Crippen LogP contribution is 2.52. The van der Waals surface area contributed by atoms with Crippen molar-refractivity contribution in [2.75, 3.05) is 18.6 Å². The van der Waals surface area contributed by atoms with E-state index in [1.807, 2.05) is 59.0 Å². The topological polar surface area (TPSA) is 106 Å². The van der Waals surface area contributed by atoms with Gasteiger partial charge in [0, 0.05) is 0 Å². The van der Waals surface area contributed by atoms with E-state index >= 15 is 0 Å². The molecule has 16 heteroatoms. The van der Waals surface area contributed by atoms with Crippen molar-refractivity contribution in [2.45, 2.75) is 44.0 Å². The monoisotopic (exact) mass is 917 g/mol. The first-order valence-corrected chi connectivity index (χ1v) is 19.3. The standard InChI is InChI=1S/C42H35BF6INO7/c1-56-35-16-23(15-33(50)38(35)52)14-25(24-8-4-2-5-9-24)12-13-34-36-26(22-57-30-10-6-3-7-11-30)17-31-37(32(36)21-43(55)58-34)40(54)51(39(31)53)29-19-27(41(44,45)46)18-28(20-29)42(47,48)49/h2-11,14-16,18-20,31-32,34,37,52,55H,12-13,17,21-22H2,1H3/b25-14-/t31-,32+,34-,37-/m1/s1. The van der Waals surface area contributed by atoms with Crippen LogP contribution in [0.4, 0.5) is 32.0 Å². The maximum absolute atomic E-state index is 14.3. The van der Waals surface area contributed by atoms with Gasteiger partial charge >= 0.3 is 19.5 Å². The molecule has 58 heavy (non-hydrogen) atoms. The summed E-state index contributed by atoms with van der Waals surface area (Å²) in [6.07, 6.45) is -8.92. The minimum Gasteiger partial charge on any atom is -0.504 e. The second-order valence-corrected chi connectivity index (χ2v) is 15.5. The van der Waals surface area contributed by atoms with E-state index in [4.69, 9.17) is 14.1 Å². The van der Waals surface area contributed by atoms with E-state index in [9.17, 15) is 46.1 Å². The SMILES string of the molecule is COc1cc(/C=C(/CC[C@H]2OB(O)C[C@H]3C2=C(COc2ccccc2)C[C@H]2C(=O)N(c4cc(C(F)(F)F)cc(C(F)(F)F)c4)C(=O)[C@H]23)c2ccccc2)cc(I)c1O. The molecule has 8 nitrogen and oxygen atoms in total. The third kappa shape index (κ3) is 8.50. The quantitative estimate of drug-likeness (QED) is 0.0408. The van der Waals surface area contributed by atoms with Crippen molar-refractivity contribution in [2.24, 2.45) is 17.8 Å². The van der Waals surface area contributed by atoms with Crippen molar-refractivity contribution in [3.8, 4) is 17.2 Å². The van der Waals surface area contributed by atoms with E-state index in [1.54, 1.807) is 42.5 Å². The van der Waals surface area contributed by atoms with Gasteiger partial charge in [0.15, 0.2) is 11.5 Å². The van der Waals surface area contributed by atoms with E-state index in [0.717, 1.165) is 16.7 Å². The zero-order valence-corrected chi connectivity index (χ0v) is 32.8. The third-order valence-electron chi connectivity index (χ3n) is 10.7. The number of aromatic hydroxyl groups is 1. The first kappa shape index (κ1) is 41.4. The number of para-hydroxylation sites is 1. The van der Waals surface area contributed by atoms with Gasteiger partial charge in [0.2, 0.25) is 11.8 Å². The van der Waals surface area contributed by atoms with Gasteiger partial charge in [-0.15, -0.1) is 0 Å². The van der Waals surface area contributed by atoms with Crippen molar-refractivity contribution >= 4 is 58.9 Å². The van der Waals surface area contributed by atoms with Crippen LogP contribution in [0.1, 0.15) is 41.5 Å². The van der Waals surface area contributed by atoms with Crippen LogP contribution in [0.25, 0.3) is 11.6 Å². The van der Waals surface area contributed by atoms with E-state index in [0.29, 0.717) is 43.9 Å². The number of carbonyl (C=O) groups is 2. The second-order valence-electron chi connectivity index (χ2n) is 14.3. The molecule has 2 amide bonds. The lowest BCUT2D eigenvalue weighted by atomic mass is 9.58. The Morgan fingerprint density at radius 2 is 1.55 bits per heavy atom. The Labute approximate surface area is 343 Å².